The summed E-state index contributed by atoms with van der Waals surface area (Å²) in [6.07, 6.45) is 30.4. The Bertz CT molecular complexity index is 1630. The Morgan fingerprint density at radius 2 is 0.661 bits per heavy atom. The van der Waals surface area contributed by atoms with Crippen LogP contribution >= 0.6 is 15.8 Å². The van der Waals surface area contributed by atoms with E-state index in [0.717, 1.165) is 12.8 Å². The molecule has 6 aromatic carbocycles. The number of hydrogen-bond donors (Lipinski definition) is 0. The second-order valence-corrected chi connectivity index (χ2v) is 21.4. The average molecular weight is 992 g/mol. The van der Waals surface area contributed by atoms with Crippen molar-refractivity contribution < 1.29 is 25.8 Å². The van der Waals surface area contributed by atoms with E-state index in [1.807, 2.05) is 0 Å². The minimum absolute atomic E-state index is 0. The van der Waals surface area contributed by atoms with E-state index in [0.29, 0.717) is 0 Å². The molecule has 0 N–H and O–H groups in total. The molecule has 0 amide bonds. The number of aryl methyl sites for hydroxylation is 2. The Kier molecular flexibility index (Phi) is 28.2. The third-order valence-electron chi connectivity index (χ3n) is 11.5. The van der Waals surface area contributed by atoms with E-state index in [1.54, 1.807) is 10.6 Å². The van der Waals surface area contributed by atoms with Crippen molar-refractivity contribution in [1.82, 2.24) is 0 Å². The molecular formula is C56H78HfP2-2. The molecule has 0 fully saturated rings. The van der Waals surface area contributed by atoms with E-state index >= 15 is 0 Å². The molecule has 0 heterocycles. The Morgan fingerprint density at radius 3 is 0.966 bits per heavy atom. The van der Waals surface area contributed by atoms with Crippen LogP contribution in [0.2, 0.25) is 0 Å². The second-order valence-electron chi connectivity index (χ2n) is 16.4. The molecule has 0 atom stereocenters. The summed E-state index contributed by atoms with van der Waals surface area (Å²) in [5, 5.41) is 9.06. The van der Waals surface area contributed by atoms with Crippen molar-refractivity contribution in [1.29, 1.82) is 0 Å². The largest absolute Gasteiger partial charge is 0.161 e. The predicted octanol–water partition coefficient (Wildman–Crippen LogP) is 17.1. The van der Waals surface area contributed by atoms with Crippen molar-refractivity contribution in [2.24, 2.45) is 0 Å². The number of fused-ring (bicyclic) bond motifs is 2. The van der Waals surface area contributed by atoms with Gasteiger partial charge in [0.25, 0.3) is 0 Å². The molecule has 0 radical (unpaired) electrons. The summed E-state index contributed by atoms with van der Waals surface area (Å²) in [5.41, 5.74) is 2.83. The van der Waals surface area contributed by atoms with Crippen LogP contribution in [0.15, 0.2) is 133 Å². The van der Waals surface area contributed by atoms with Crippen LogP contribution in [-0.4, -0.2) is 24.6 Å². The first-order valence-electron chi connectivity index (χ1n) is 23.5. The topological polar surface area (TPSA) is 0 Å². The van der Waals surface area contributed by atoms with E-state index in [-0.39, 0.29) is 41.7 Å². The minimum atomic E-state index is 0. The molecule has 0 aliphatic carbocycles. The zero-order valence-corrected chi connectivity index (χ0v) is 43.0. The van der Waals surface area contributed by atoms with Gasteiger partial charge in [0.1, 0.15) is 0 Å². The fourth-order valence-electron chi connectivity index (χ4n) is 7.87. The Labute approximate surface area is 383 Å². The first-order chi connectivity index (χ1) is 28.6. The van der Waals surface area contributed by atoms with Crippen molar-refractivity contribution in [3.8, 4) is 0 Å². The summed E-state index contributed by atoms with van der Waals surface area (Å²) in [4.78, 5) is 0. The molecule has 6 aromatic rings. The van der Waals surface area contributed by atoms with Gasteiger partial charge in [0, 0.05) is 25.8 Å². The van der Waals surface area contributed by atoms with E-state index in [2.05, 4.69) is 161 Å². The molecule has 0 aliphatic heterocycles. The van der Waals surface area contributed by atoms with Crippen LogP contribution in [0.5, 0.6) is 0 Å². The third kappa shape index (κ3) is 20.5. The van der Waals surface area contributed by atoms with E-state index in [9.17, 15) is 0 Å². The smallest absolute Gasteiger partial charge is 0 e. The first kappa shape index (κ1) is 51.2. The summed E-state index contributed by atoms with van der Waals surface area (Å²) in [6, 6.07) is 48.9. The van der Waals surface area contributed by atoms with Gasteiger partial charge in [0.05, 0.1) is 0 Å². The first-order valence-corrected chi connectivity index (χ1v) is 27.0. The van der Waals surface area contributed by atoms with Gasteiger partial charge < -0.3 is 0 Å². The summed E-state index contributed by atoms with van der Waals surface area (Å²) in [6.45, 7) is 9.21. The Balaban J connectivity index is 0.000000240. The Morgan fingerprint density at radius 1 is 0.356 bits per heavy atom. The van der Waals surface area contributed by atoms with E-state index < -0.39 is 0 Å². The molecule has 318 valence electrons. The third-order valence-corrected chi connectivity index (χ3v) is 16.9. The standard InChI is InChI=1S/2C21H32P.C14H14.Hf/c2*1-3-5-7-11-15-22(16-12-8-6-4-2)21-17-19-13-9-10-14-20(19)18-21;1-3-7-13(8-4-1)11-12-14-9-5-2-6-10-14;/h2*9-10,13-14,17-18H,3-8,11-12,15-16H2,1-2H3;1-10H,11-12H2;/q2*-1;;. The number of benzene rings is 4. The number of hydrogen-bond acceptors (Lipinski definition) is 0. The van der Waals surface area contributed by atoms with Gasteiger partial charge in [-0.15, -0.1) is 80.7 Å². The number of unbranched alkanes of at least 4 members (excludes halogenated alkanes) is 12. The molecule has 0 unspecified atom stereocenters. The van der Waals surface area contributed by atoms with Crippen molar-refractivity contribution in [3.63, 3.8) is 0 Å². The molecule has 0 saturated carbocycles. The van der Waals surface area contributed by atoms with Gasteiger partial charge in [-0.25, -0.2) is 0 Å². The zero-order valence-electron chi connectivity index (χ0n) is 37.7. The zero-order chi connectivity index (χ0) is 40.9. The molecule has 3 heteroatoms. The van der Waals surface area contributed by atoms with Gasteiger partial charge >= 0.3 is 0 Å². The molecule has 59 heavy (non-hydrogen) atoms. The predicted molar refractivity (Wildman–Crippen MR) is 269 cm³/mol. The number of rotatable bonds is 25. The minimum Gasteiger partial charge on any atom is -0.161 e. The quantitative estimate of drug-likeness (QED) is 0.0232. The molecule has 0 nitrogen and oxygen atoms in total. The Hall–Kier alpha value is -2.17. The maximum absolute atomic E-state index is 2.47. The molecule has 0 spiro atoms. The monoisotopic (exact) mass is 993 g/mol. The fourth-order valence-corrected chi connectivity index (χ4v) is 13.1. The van der Waals surface area contributed by atoms with Crippen molar-refractivity contribution >= 4 is 48.0 Å². The molecule has 0 bridgehead atoms. The van der Waals surface area contributed by atoms with Gasteiger partial charge in [0.15, 0.2) is 0 Å². The van der Waals surface area contributed by atoms with Crippen LogP contribution in [0.25, 0.3) is 21.5 Å². The van der Waals surface area contributed by atoms with Crippen molar-refractivity contribution in [2.75, 3.05) is 24.6 Å². The van der Waals surface area contributed by atoms with Gasteiger partial charge in [-0.3, -0.25) is 0 Å². The molecule has 6 rings (SSSR count). The van der Waals surface area contributed by atoms with Crippen LogP contribution in [0.1, 0.15) is 142 Å². The van der Waals surface area contributed by atoms with Gasteiger partial charge in [-0.05, 0) is 74.3 Å². The van der Waals surface area contributed by atoms with Crippen LogP contribution in [0.3, 0.4) is 0 Å². The van der Waals surface area contributed by atoms with Crippen molar-refractivity contribution in [3.05, 3.63) is 145 Å². The average Bonchev–Trinajstić information content (AvgIpc) is 3.91. The van der Waals surface area contributed by atoms with Gasteiger partial charge in [0.2, 0.25) is 0 Å². The van der Waals surface area contributed by atoms with Crippen LogP contribution < -0.4 is 10.6 Å². The molecule has 0 saturated heterocycles. The molecule has 0 aromatic heterocycles. The van der Waals surface area contributed by atoms with Crippen LogP contribution in [0, 0.1) is 0 Å². The maximum Gasteiger partial charge on any atom is 0 e. The second kappa shape index (κ2) is 32.5. The van der Waals surface area contributed by atoms with Gasteiger partial charge in [-0.2, -0.15) is 12.1 Å². The van der Waals surface area contributed by atoms with E-state index in [1.165, 1.54) is 160 Å². The normalized spacial score (nSPS) is 11.0. The summed E-state index contributed by atoms with van der Waals surface area (Å²) >= 11 is 0. The summed E-state index contributed by atoms with van der Waals surface area (Å²) < 4.78 is 0. The van der Waals surface area contributed by atoms with Crippen molar-refractivity contribution in [2.45, 2.75) is 143 Å². The summed E-state index contributed by atoms with van der Waals surface area (Å²) in [7, 11) is 0.128. The van der Waals surface area contributed by atoms with E-state index in [4.69, 9.17) is 0 Å². The van der Waals surface area contributed by atoms with Crippen LogP contribution in [0.4, 0.5) is 0 Å². The molecular weight excluding hydrogens is 913 g/mol. The molecule has 0 aliphatic rings. The maximum atomic E-state index is 2.47. The SMILES string of the molecule is CCCCCCP(CCCCCC)c1cc2ccccc2[cH-]1.CCCCCCP(CCCCCC)c1cc2ccccc2[cH-]1.[Hf].c1ccc(CCc2ccccc2)cc1. The van der Waals surface area contributed by atoms with Crippen LogP contribution in [-0.2, 0) is 38.7 Å². The van der Waals surface area contributed by atoms with Gasteiger partial charge in [-0.1, -0.05) is 193 Å². The fraction of sp³-hybridized carbons (Fsp3) is 0.464. The summed E-state index contributed by atoms with van der Waals surface area (Å²) in [5.74, 6) is 0.